The van der Waals surface area contributed by atoms with Gasteiger partial charge in [0.1, 0.15) is 5.82 Å². The normalized spacial score (nSPS) is 18.3. The summed E-state index contributed by atoms with van der Waals surface area (Å²) in [4.78, 5) is 42.5. The van der Waals surface area contributed by atoms with Gasteiger partial charge in [-0.2, -0.15) is 0 Å². The second-order valence-corrected chi connectivity index (χ2v) is 8.42. The number of fused-ring (bicyclic) bond motifs is 2. The van der Waals surface area contributed by atoms with Gasteiger partial charge in [-0.15, -0.1) is 0 Å². The smallest absolute Gasteiger partial charge is 0.338 e. The van der Waals surface area contributed by atoms with Crippen LogP contribution >= 0.6 is 0 Å². The van der Waals surface area contributed by atoms with Crippen LogP contribution in [0.15, 0.2) is 23.0 Å². The van der Waals surface area contributed by atoms with Gasteiger partial charge < -0.3 is 10.1 Å². The average Bonchev–Trinajstić information content (AvgIpc) is 3.22. The number of benzene rings is 1. The predicted octanol–water partition coefficient (Wildman–Crippen LogP) is 3.12. The maximum Gasteiger partial charge on any atom is 0.338 e. The van der Waals surface area contributed by atoms with Crippen molar-refractivity contribution in [3.63, 3.8) is 0 Å². The Bertz CT molecular complexity index is 1010. The van der Waals surface area contributed by atoms with Crippen LogP contribution in [0.4, 0.5) is 0 Å². The molecule has 1 N–H and O–H groups in total. The molecule has 1 amide bonds. The standard InChI is InChI=1S/C23H29N3O4/c1-15(21(27)24-17-8-5-6-9-17)30-23(29)16-11-12-18-19(14-16)25-20-10-4-2-3-7-13-26(20)22(18)28/h11-12,14-15,17H,2-10,13H2,1H3,(H,24,27)/t15-/m1/s1. The lowest BCUT2D eigenvalue weighted by atomic mass is 10.1. The third-order valence-electron chi connectivity index (χ3n) is 6.16. The van der Waals surface area contributed by atoms with Crippen LogP contribution in [-0.2, 0) is 22.5 Å². The van der Waals surface area contributed by atoms with Crippen LogP contribution in [0.5, 0.6) is 0 Å². The quantitative estimate of drug-likeness (QED) is 0.781. The van der Waals surface area contributed by atoms with E-state index in [1.54, 1.807) is 29.7 Å². The monoisotopic (exact) mass is 411 g/mol. The number of hydrogen-bond acceptors (Lipinski definition) is 5. The largest absolute Gasteiger partial charge is 0.449 e. The Morgan fingerprint density at radius 2 is 1.90 bits per heavy atom. The van der Waals surface area contributed by atoms with E-state index in [0.29, 0.717) is 23.0 Å². The first-order chi connectivity index (χ1) is 14.5. The molecule has 1 saturated carbocycles. The maximum atomic E-state index is 12.9. The van der Waals surface area contributed by atoms with Crippen LogP contribution in [-0.4, -0.2) is 33.6 Å². The SMILES string of the molecule is C[C@@H](OC(=O)c1ccc2c(=O)n3c(nc2c1)CCCCCC3)C(=O)NC1CCCC1. The number of nitrogens with zero attached hydrogens (tertiary/aromatic N) is 2. The van der Waals surface area contributed by atoms with Crippen molar-refractivity contribution in [1.82, 2.24) is 14.9 Å². The van der Waals surface area contributed by atoms with Gasteiger partial charge >= 0.3 is 5.97 Å². The number of carbonyl (C=O) groups excluding carboxylic acids is 2. The van der Waals surface area contributed by atoms with Crippen molar-refractivity contribution in [2.75, 3.05) is 0 Å². The van der Waals surface area contributed by atoms with Crippen LogP contribution < -0.4 is 10.9 Å². The number of amides is 1. The number of esters is 1. The molecule has 160 valence electrons. The summed E-state index contributed by atoms with van der Waals surface area (Å²) in [5.74, 6) is -0.0737. The van der Waals surface area contributed by atoms with Crippen molar-refractivity contribution in [3.8, 4) is 0 Å². The number of rotatable bonds is 4. The zero-order valence-corrected chi connectivity index (χ0v) is 17.5. The molecule has 2 heterocycles. The zero-order chi connectivity index (χ0) is 21.1. The summed E-state index contributed by atoms with van der Waals surface area (Å²) in [6, 6.07) is 4.98. The summed E-state index contributed by atoms with van der Waals surface area (Å²) in [5, 5.41) is 3.45. The van der Waals surface area contributed by atoms with Gasteiger partial charge in [0.15, 0.2) is 6.10 Å². The Hall–Kier alpha value is -2.70. The van der Waals surface area contributed by atoms with E-state index in [0.717, 1.165) is 63.6 Å². The molecule has 1 aromatic carbocycles. The molecule has 1 aliphatic heterocycles. The molecular formula is C23H29N3O4. The highest BCUT2D eigenvalue weighted by atomic mass is 16.5. The van der Waals surface area contributed by atoms with Gasteiger partial charge in [0.25, 0.3) is 11.5 Å². The van der Waals surface area contributed by atoms with Crippen molar-refractivity contribution in [2.45, 2.75) is 83.4 Å². The summed E-state index contributed by atoms with van der Waals surface area (Å²) in [7, 11) is 0. The van der Waals surface area contributed by atoms with Crippen molar-refractivity contribution in [1.29, 1.82) is 0 Å². The van der Waals surface area contributed by atoms with Crippen LogP contribution in [0.25, 0.3) is 10.9 Å². The van der Waals surface area contributed by atoms with Gasteiger partial charge in [-0.05, 0) is 50.8 Å². The molecule has 2 aliphatic rings. The Kier molecular flexibility index (Phi) is 6.16. The van der Waals surface area contributed by atoms with Crippen LogP contribution in [0.3, 0.4) is 0 Å². The number of ether oxygens (including phenoxy) is 1. The molecule has 1 aromatic heterocycles. The number of carbonyl (C=O) groups is 2. The molecule has 1 atom stereocenters. The van der Waals surface area contributed by atoms with Gasteiger partial charge in [0, 0.05) is 19.0 Å². The van der Waals surface area contributed by atoms with Crippen LogP contribution in [0, 0.1) is 0 Å². The van der Waals surface area contributed by atoms with Crippen LogP contribution in [0.1, 0.15) is 74.5 Å². The molecule has 0 saturated heterocycles. The van der Waals surface area contributed by atoms with Crippen molar-refractivity contribution >= 4 is 22.8 Å². The summed E-state index contributed by atoms with van der Waals surface area (Å²) in [6.45, 7) is 2.27. The first kappa shape index (κ1) is 20.6. The molecule has 0 spiro atoms. The molecule has 4 rings (SSSR count). The van der Waals surface area contributed by atoms with Crippen molar-refractivity contribution in [2.24, 2.45) is 0 Å². The van der Waals surface area contributed by atoms with E-state index in [2.05, 4.69) is 10.3 Å². The Labute approximate surface area is 175 Å². The number of aryl methyl sites for hydroxylation is 1. The third kappa shape index (κ3) is 4.40. The fourth-order valence-electron chi connectivity index (χ4n) is 4.39. The highest BCUT2D eigenvalue weighted by Gasteiger charge is 2.24. The minimum Gasteiger partial charge on any atom is -0.449 e. The lowest BCUT2D eigenvalue weighted by Gasteiger charge is -2.18. The van der Waals surface area contributed by atoms with Gasteiger partial charge in [-0.3, -0.25) is 14.2 Å². The van der Waals surface area contributed by atoms with E-state index >= 15 is 0 Å². The second-order valence-electron chi connectivity index (χ2n) is 8.42. The van der Waals surface area contributed by atoms with E-state index in [4.69, 9.17) is 4.74 Å². The molecular weight excluding hydrogens is 382 g/mol. The van der Waals surface area contributed by atoms with Crippen LogP contribution in [0.2, 0.25) is 0 Å². The molecule has 2 aromatic rings. The summed E-state index contributed by atoms with van der Waals surface area (Å²) < 4.78 is 7.15. The molecule has 0 unspecified atom stereocenters. The summed E-state index contributed by atoms with van der Waals surface area (Å²) >= 11 is 0. The molecule has 7 nitrogen and oxygen atoms in total. The fourth-order valence-corrected chi connectivity index (χ4v) is 4.39. The van der Waals surface area contributed by atoms with Crippen molar-refractivity contribution < 1.29 is 14.3 Å². The Morgan fingerprint density at radius 1 is 1.13 bits per heavy atom. The van der Waals surface area contributed by atoms with E-state index < -0.39 is 12.1 Å². The van der Waals surface area contributed by atoms with Crippen molar-refractivity contribution in [3.05, 3.63) is 39.9 Å². The molecule has 1 fully saturated rings. The second kappa shape index (κ2) is 8.98. The average molecular weight is 412 g/mol. The minimum atomic E-state index is -0.872. The zero-order valence-electron chi connectivity index (χ0n) is 17.5. The van der Waals surface area contributed by atoms with E-state index in [1.165, 1.54) is 0 Å². The van der Waals surface area contributed by atoms with E-state index in [-0.39, 0.29) is 17.5 Å². The Morgan fingerprint density at radius 3 is 2.70 bits per heavy atom. The fraction of sp³-hybridized carbons (Fsp3) is 0.565. The third-order valence-corrected chi connectivity index (χ3v) is 6.16. The van der Waals surface area contributed by atoms with E-state index in [9.17, 15) is 14.4 Å². The molecule has 1 aliphatic carbocycles. The number of aromatic nitrogens is 2. The predicted molar refractivity (Wildman–Crippen MR) is 113 cm³/mol. The topological polar surface area (TPSA) is 90.3 Å². The summed E-state index contributed by atoms with van der Waals surface area (Å²) in [6.07, 6.45) is 8.33. The lowest BCUT2D eigenvalue weighted by Crippen LogP contribution is -2.40. The molecule has 0 radical (unpaired) electrons. The van der Waals surface area contributed by atoms with E-state index in [1.807, 2.05) is 0 Å². The Balaban J connectivity index is 1.52. The summed E-state index contributed by atoms with van der Waals surface area (Å²) in [5.41, 5.74) is 0.746. The number of nitrogens with one attached hydrogen (secondary N) is 1. The van der Waals surface area contributed by atoms with Gasteiger partial charge in [-0.25, -0.2) is 9.78 Å². The highest BCUT2D eigenvalue weighted by molar-refractivity contribution is 5.95. The molecule has 7 heteroatoms. The highest BCUT2D eigenvalue weighted by Crippen LogP contribution is 2.19. The first-order valence-corrected chi connectivity index (χ1v) is 11.1. The van der Waals surface area contributed by atoms with Gasteiger partial charge in [-0.1, -0.05) is 25.7 Å². The number of hydrogen-bond donors (Lipinski definition) is 1. The minimum absolute atomic E-state index is 0.0545. The first-order valence-electron chi connectivity index (χ1n) is 11.1. The lowest BCUT2D eigenvalue weighted by molar-refractivity contribution is -0.129. The van der Waals surface area contributed by atoms with Gasteiger partial charge in [0.05, 0.1) is 16.5 Å². The van der Waals surface area contributed by atoms with Gasteiger partial charge in [0.2, 0.25) is 0 Å². The molecule has 30 heavy (non-hydrogen) atoms. The molecule has 0 bridgehead atoms. The maximum absolute atomic E-state index is 12.9.